The second-order valence-corrected chi connectivity index (χ2v) is 9.21. The Hall–Kier alpha value is -1.07. The molecule has 0 heterocycles. The Bertz CT molecular complexity index is 574. The van der Waals surface area contributed by atoms with Crippen molar-refractivity contribution in [2.75, 3.05) is 12.3 Å². The van der Waals surface area contributed by atoms with Crippen LogP contribution >= 0.6 is 11.6 Å². The second-order valence-electron chi connectivity index (χ2n) is 5.91. The van der Waals surface area contributed by atoms with Crippen molar-refractivity contribution in [1.82, 2.24) is 5.32 Å². The van der Waals surface area contributed by atoms with Crippen LogP contribution in [-0.2, 0) is 21.1 Å². The van der Waals surface area contributed by atoms with Crippen LogP contribution < -0.4 is 5.32 Å². The van der Waals surface area contributed by atoms with Crippen LogP contribution in [0.15, 0.2) is 24.3 Å². The lowest BCUT2D eigenvalue weighted by Gasteiger charge is -2.19. The first-order valence-corrected chi connectivity index (χ1v) is 8.88. The van der Waals surface area contributed by atoms with Gasteiger partial charge >= 0.3 is 0 Å². The van der Waals surface area contributed by atoms with Gasteiger partial charge in [0.25, 0.3) is 0 Å². The van der Waals surface area contributed by atoms with Crippen LogP contribution in [0.3, 0.4) is 0 Å². The van der Waals surface area contributed by atoms with E-state index in [0.29, 0.717) is 17.9 Å². The van der Waals surface area contributed by atoms with E-state index in [9.17, 15) is 13.2 Å². The molecule has 21 heavy (non-hydrogen) atoms. The molecule has 6 heteroatoms. The third-order valence-corrected chi connectivity index (χ3v) is 6.04. The van der Waals surface area contributed by atoms with Crippen molar-refractivity contribution in [3.8, 4) is 0 Å². The molecular weight excluding hydrogens is 310 g/mol. The van der Waals surface area contributed by atoms with Crippen LogP contribution in [0, 0.1) is 0 Å². The highest BCUT2D eigenvalue weighted by molar-refractivity contribution is 7.92. The van der Waals surface area contributed by atoms with Crippen molar-refractivity contribution >= 4 is 27.3 Å². The summed E-state index contributed by atoms with van der Waals surface area (Å²) < 4.78 is 23.0. The fraction of sp³-hybridized carbons (Fsp3) is 0.533. The standard InChI is InChI=1S/C15H22ClNO3S/c1-15(2,3)21(19,20)11-10-17-14(18)9-6-12-4-7-13(16)8-5-12/h4-5,7-8H,6,9-11H2,1-3H3,(H,17,18). The van der Waals surface area contributed by atoms with E-state index in [1.807, 2.05) is 12.1 Å². The van der Waals surface area contributed by atoms with Crippen molar-refractivity contribution in [2.45, 2.75) is 38.4 Å². The third kappa shape index (κ3) is 6.06. The van der Waals surface area contributed by atoms with E-state index in [-0.39, 0.29) is 18.2 Å². The zero-order valence-corrected chi connectivity index (χ0v) is 14.2. The van der Waals surface area contributed by atoms with Gasteiger partial charge in [-0.3, -0.25) is 4.79 Å². The van der Waals surface area contributed by atoms with E-state index in [4.69, 9.17) is 11.6 Å². The number of aryl methyl sites for hydroxylation is 1. The lowest BCUT2D eigenvalue weighted by Crippen LogP contribution is -2.36. The monoisotopic (exact) mass is 331 g/mol. The van der Waals surface area contributed by atoms with E-state index in [1.54, 1.807) is 32.9 Å². The summed E-state index contributed by atoms with van der Waals surface area (Å²) >= 11 is 5.79. The molecule has 0 fully saturated rings. The van der Waals surface area contributed by atoms with Gasteiger partial charge in [0.1, 0.15) is 0 Å². The molecule has 1 N–H and O–H groups in total. The Morgan fingerprint density at radius 1 is 1.19 bits per heavy atom. The fourth-order valence-corrected chi connectivity index (χ4v) is 2.74. The molecule has 0 bridgehead atoms. The number of benzene rings is 1. The van der Waals surface area contributed by atoms with E-state index in [1.165, 1.54) is 0 Å². The fourth-order valence-electron chi connectivity index (χ4n) is 1.63. The van der Waals surface area contributed by atoms with E-state index in [0.717, 1.165) is 5.56 Å². The van der Waals surface area contributed by atoms with Gasteiger partial charge in [0.15, 0.2) is 9.84 Å². The summed E-state index contributed by atoms with van der Waals surface area (Å²) in [6.45, 7) is 5.12. The van der Waals surface area contributed by atoms with Crippen LogP contribution in [-0.4, -0.2) is 31.4 Å². The van der Waals surface area contributed by atoms with Crippen LogP contribution in [0.5, 0.6) is 0 Å². The van der Waals surface area contributed by atoms with Crippen LogP contribution in [0.2, 0.25) is 5.02 Å². The van der Waals surface area contributed by atoms with E-state index >= 15 is 0 Å². The smallest absolute Gasteiger partial charge is 0.220 e. The summed E-state index contributed by atoms with van der Waals surface area (Å²) in [5.41, 5.74) is 1.02. The molecule has 4 nitrogen and oxygen atoms in total. The predicted octanol–water partition coefficient (Wildman–Crippen LogP) is 2.60. The molecule has 0 aliphatic carbocycles. The van der Waals surface area contributed by atoms with E-state index < -0.39 is 14.6 Å². The molecule has 1 amide bonds. The normalized spacial score (nSPS) is 12.2. The lowest BCUT2D eigenvalue weighted by molar-refractivity contribution is -0.120. The molecule has 1 rings (SSSR count). The maximum absolute atomic E-state index is 11.9. The first kappa shape index (κ1) is 18.0. The van der Waals surface area contributed by atoms with Crippen molar-refractivity contribution in [3.63, 3.8) is 0 Å². The van der Waals surface area contributed by atoms with Gasteiger partial charge in [-0.1, -0.05) is 23.7 Å². The lowest BCUT2D eigenvalue weighted by atomic mass is 10.1. The average Bonchev–Trinajstić information content (AvgIpc) is 2.36. The van der Waals surface area contributed by atoms with Gasteiger partial charge < -0.3 is 5.32 Å². The number of halogens is 1. The number of hydrogen-bond donors (Lipinski definition) is 1. The van der Waals surface area contributed by atoms with Crippen LogP contribution in [0.25, 0.3) is 0 Å². The molecule has 0 spiro atoms. The molecule has 118 valence electrons. The zero-order chi connectivity index (χ0) is 16.1. The maximum Gasteiger partial charge on any atom is 0.220 e. The highest BCUT2D eigenvalue weighted by Crippen LogP contribution is 2.15. The molecule has 1 aromatic rings. The highest BCUT2D eigenvalue weighted by Gasteiger charge is 2.28. The molecule has 0 saturated heterocycles. The molecular formula is C15H22ClNO3S. The van der Waals surface area contributed by atoms with E-state index in [2.05, 4.69) is 5.32 Å². The van der Waals surface area contributed by atoms with Crippen molar-refractivity contribution in [2.24, 2.45) is 0 Å². The third-order valence-electron chi connectivity index (χ3n) is 3.18. The minimum Gasteiger partial charge on any atom is -0.355 e. The van der Waals surface area contributed by atoms with Gasteiger partial charge in [-0.15, -0.1) is 0 Å². The number of rotatable bonds is 6. The summed E-state index contributed by atoms with van der Waals surface area (Å²) in [5, 5.41) is 3.31. The Labute approximate surface area is 131 Å². The summed E-state index contributed by atoms with van der Waals surface area (Å²) in [4.78, 5) is 11.7. The topological polar surface area (TPSA) is 63.2 Å². The van der Waals surface area contributed by atoms with Crippen molar-refractivity contribution in [3.05, 3.63) is 34.9 Å². The Morgan fingerprint density at radius 3 is 2.29 bits per heavy atom. The number of carbonyl (C=O) groups excluding carboxylic acids is 1. The Balaban J connectivity index is 2.34. The Morgan fingerprint density at radius 2 is 1.76 bits per heavy atom. The number of carbonyl (C=O) groups is 1. The number of nitrogens with one attached hydrogen (secondary N) is 1. The molecule has 1 aromatic carbocycles. The zero-order valence-electron chi connectivity index (χ0n) is 12.6. The molecule has 0 aliphatic heterocycles. The number of hydrogen-bond acceptors (Lipinski definition) is 3. The predicted molar refractivity (Wildman–Crippen MR) is 86.3 cm³/mol. The van der Waals surface area contributed by atoms with Gasteiger partial charge in [0, 0.05) is 18.0 Å². The number of sulfone groups is 1. The van der Waals surface area contributed by atoms with Gasteiger partial charge in [0.2, 0.25) is 5.91 Å². The van der Waals surface area contributed by atoms with Gasteiger partial charge in [0.05, 0.1) is 10.5 Å². The molecule has 0 unspecified atom stereocenters. The largest absolute Gasteiger partial charge is 0.355 e. The first-order valence-electron chi connectivity index (χ1n) is 6.85. The first-order chi connectivity index (χ1) is 9.62. The SMILES string of the molecule is CC(C)(C)S(=O)(=O)CCNC(=O)CCc1ccc(Cl)cc1. The average molecular weight is 332 g/mol. The molecule has 0 saturated carbocycles. The van der Waals surface area contributed by atoms with Crippen LogP contribution in [0.4, 0.5) is 0 Å². The minimum atomic E-state index is -3.19. The summed E-state index contributed by atoms with van der Waals surface area (Å²) in [5.74, 6) is -0.183. The van der Waals surface area contributed by atoms with Crippen LogP contribution in [0.1, 0.15) is 32.8 Å². The van der Waals surface area contributed by atoms with Gasteiger partial charge in [-0.2, -0.15) is 0 Å². The van der Waals surface area contributed by atoms with Gasteiger partial charge in [-0.25, -0.2) is 8.42 Å². The van der Waals surface area contributed by atoms with Crippen molar-refractivity contribution < 1.29 is 13.2 Å². The summed E-state index contributed by atoms with van der Waals surface area (Å²) in [6, 6.07) is 7.31. The molecule has 0 atom stereocenters. The molecule has 0 aromatic heterocycles. The molecule has 0 aliphatic rings. The minimum absolute atomic E-state index is 0.0385. The molecule has 0 radical (unpaired) electrons. The summed E-state index contributed by atoms with van der Waals surface area (Å²) in [6.07, 6.45) is 0.937. The Kier molecular flexibility index (Phi) is 6.23. The van der Waals surface area contributed by atoms with Crippen molar-refractivity contribution in [1.29, 1.82) is 0 Å². The summed E-state index contributed by atoms with van der Waals surface area (Å²) in [7, 11) is -3.19. The number of amides is 1. The van der Waals surface area contributed by atoms with Gasteiger partial charge in [-0.05, 0) is 44.9 Å². The quantitative estimate of drug-likeness (QED) is 0.871. The second kappa shape index (κ2) is 7.27. The maximum atomic E-state index is 11.9. The highest BCUT2D eigenvalue weighted by atomic mass is 35.5.